The lowest BCUT2D eigenvalue weighted by molar-refractivity contribution is -0.121. The summed E-state index contributed by atoms with van der Waals surface area (Å²) in [5.41, 5.74) is 0.541. The summed E-state index contributed by atoms with van der Waals surface area (Å²) in [5, 5.41) is 4.14. The fourth-order valence-corrected chi connectivity index (χ4v) is 3.36. The van der Waals surface area contributed by atoms with Crippen LogP contribution in [0.3, 0.4) is 0 Å². The summed E-state index contributed by atoms with van der Waals surface area (Å²) < 4.78 is 1.48. The van der Waals surface area contributed by atoms with Gasteiger partial charge in [-0.05, 0) is 36.4 Å². The molecule has 3 aromatic rings. The maximum absolute atomic E-state index is 12.4. The number of thioether (sulfide) groups is 1. The first kappa shape index (κ1) is 18.5. The number of hydrogen-bond acceptors (Lipinski definition) is 4. The molecule has 0 bridgehead atoms. The zero-order valence-corrected chi connectivity index (χ0v) is 15.6. The minimum absolute atomic E-state index is 0.0817. The highest BCUT2D eigenvalue weighted by molar-refractivity contribution is 7.99. The number of hydrogen-bond donors (Lipinski definition) is 1. The highest BCUT2D eigenvalue weighted by atomic mass is 35.5. The van der Waals surface area contributed by atoms with Crippen LogP contribution in [0.5, 0.6) is 0 Å². The predicted octanol–water partition coefficient (Wildman–Crippen LogP) is 3.35. The van der Waals surface area contributed by atoms with Gasteiger partial charge in [0.05, 0.1) is 17.2 Å². The topological polar surface area (TPSA) is 64.0 Å². The molecule has 0 aliphatic rings. The Bertz CT molecular complexity index is 957. The summed E-state index contributed by atoms with van der Waals surface area (Å²) in [6, 6.07) is 14.8. The van der Waals surface area contributed by atoms with Gasteiger partial charge >= 0.3 is 0 Å². The molecule has 134 valence electrons. The molecule has 26 heavy (non-hydrogen) atoms. The van der Waals surface area contributed by atoms with Crippen molar-refractivity contribution in [1.82, 2.24) is 14.9 Å². The van der Waals surface area contributed by atoms with E-state index in [1.807, 2.05) is 30.3 Å². The fraction of sp³-hybridized carbons (Fsp3) is 0.211. The monoisotopic (exact) mass is 387 g/mol. The lowest BCUT2D eigenvalue weighted by atomic mass is 10.2. The largest absolute Gasteiger partial charge is 0.355 e. The lowest BCUT2D eigenvalue weighted by Gasteiger charge is -2.08. The van der Waals surface area contributed by atoms with Crippen molar-refractivity contribution < 1.29 is 4.79 Å². The van der Waals surface area contributed by atoms with Crippen LogP contribution in [0.15, 0.2) is 64.5 Å². The Balaban J connectivity index is 1.45. The van der Waals surface area contributed by atoms with E-state index in [0.717, 1.165) is 10.6 Å². The normalized spacial score (nSPS) is 10.8. The van der Waals surface area contributed by atoms with Crippen molar-refractivity contribution in [2.24, 2.45) is 0 Å². The Labute approximate surface area is 160 Å². The second-order valence-corrected chi connectivity index (χ2v) is 7.27. The molecule has 0 spiro atoms. The molecule has 7 heteroatoms. The molecule has 0 aliphatic heterocycles. The predicted molar refractivity (Wildman–Crippen MR) is 106 cm³/mol. The van der Waals surface area contributed by atoms with E-state index in [4.69, 9.17) is 11.6 Å². The van der Waals surface area contributed by atoms with Crippen LogP contribution in [0.1, 0.15) is 6.42 Å². The molecular weight excluding hydrogens is 370 g/mol. The fourth-order valence-electron chi connectivity index (χ4n) is 2.47. The van der Waals surface area contributed by atoms with Crippen LogP contribution < -0.4 is 10.9 Å². The first-order valence-corrected chi connectivity index (χ1v) is 9.59. The van der Waals surface area contributed by atoms with E-state index in [0.29, 0.717) is 29.0 Å². The van der Waals surface area contributed by atoms with Crippen LogP contribution in [0.25, 0.3) is 10.9 Å². The number of aromatic nitrogens is 2. The molecule has 0 saturated heterocycles. The van der Waals surface area contributed by atoms with Gasteiger partial charge in [-0.15, -0.1) is 11.8 Å². The smallest absolute Gasteiger partial charge is 0.261 e. The number of rotatable bonds is 7. The van der Waals surface area contributed by atoms with Crippen LogP contribution in [-0.2, 0) is 11.3 Å². The molecule has 0 radical (unpaired) electrons. The lowest BCUT2D eigenvalue weighted by Crippen LogP contribution is -2.29. The van der Waals surface area contributed by atoms with Crippen LogP contribution in [0.4, 0.5) is 0 Å². The van der Waals surface area contributed by atoms with E-state index in [1.54, 1.807) is 30.0 Å². The number of halogens is 1. The zero-order valence-electron chi connectivity index (χ0n) is 14.0. The number of carbonyl (C=O) groups excluding carboxylic acids is 1. The first-order chi connectivity index (χ1) is 12.6. The van der Waals surface area contributed by atoms with E-state index >= 15 is 0 Å². The Morgan fingerprint density at radius 2 is 1.92 bits per heavy atom. The molecule has 0 unspecified atom stereocenters. The second-order valence-electron chi connectivity index (χ2n) is 5.66. The Kier molecular flexibility index (Phi) is 6.30. The third-order valence-electron chi connectivity index (χ3n) is 3.82. The number of amides is 1. The molecule has 1 N–H and O–H groups in total. The summed E-state index contributed by atoms with van der Waals surface area (Å²) in [5.74, 6) is 0.687. The third-order valence-corrected chi connectivity index (χ3v) is 5.08. The number of fused-ring (bicyclic) bond motifs is 1. The maximum Gasteiger partial charge on any atom is 0.261 e. The van der Waals surface area contributed by atoms with Gasteiger partial charge in [0.2, 0.25) is 5.91 Å². The summed E-state index contributed by atoms with van der Waals surface area (Å²) in [6.07, 6.45) is 1.74. The summed E-state index contributed by atoms with van der Waals surface area (Å²) in [4.78, 5) is 29.7. The van der Waals surface area contributed by atoms with Gasteiger partial charge in [0.15, 0.2) is 0 Å². The van der Waals surface area contributed by atoms with Gasteiger partial charge < -0.3 is 5.32 Å². The van der Waals surface area contributed by atoms with Gasteiger partial charge in [-0.25, -0.2) is 4.98 Å². The van der Waals surface area contributed by atoms with Crippen molar-refractivity contribution in [2.75, 3.05) is 12.3 Å². The van der Waals surface area contributed by atoms with Gasteiger partial charge in [-0.1, -0.05) is 23.7 Å². The zero-order chi connectivity index (χ0) is 18.4. The van der Waals surface area contributed by atoms with E-state index in [-0.39, 0.29) is 17.9 Å². The number of para-hydroxylation sites is 1. The van der Waals surface area contributed by atoms with Crippen molar-refractivity contribution in [3.05, 3.63) is 70.2 Å². The summed E-state index contributed by atoms with van der Waals surface area (Å²) in [7, 11) is 0. The van der Waals surface area contributed by atoms with Crippen molar-refractivity contribution >= 4 is 40.2 Å². The third kappa shape index (κ3) is 4.86. The van der Waals surface area contributed by atoms with Gasteiger partial charge in [0, 0.05) is 35.2 Å². The van der Waals surface area contributed by atoms with Crippen LogP contribution in [0.2, 0.25) is 5.02 Å². The average molecular weight is 388 g/mol. The number of aryl methyl sites for hydroxylation is 1. The molecule has 1 heterocycles. The van der Waals surface area contributed by atoms with Gasteiger partial charge in [-0.3, -0.25) is 14.2 Å². The van der Waals surface area contributed by atoms with E-state index in [1.165, 1.54) is 10.9 Å². The van der Waals surface area contributed by atoms with Crippen molar-refractivity contribution in [3.63, 3.8) is 0 Å². The molecule has 1 aromatic heterocycles. The van der Waals surface area contributed by atoms with E-state index in [2.05, 4.69) is 10.3 Å². The quantitative estimate of drug-likeness (QED) is 0.498. The van der Waals surface area contributed by atoms with Gasteiger partial charge in [0.1, 0.15) is 0 Å². The molecule has 0 aliphatic carbocycles. The van der Waals surface area contributed by atoms with E-state index < -0.39 is 0 Å². The molecule has 0 atom stereocenters. The standard InChI is InChI=1S/C19H18ClN3O2S/c20-14-5-7-15(8-6-14)26-12-10-21-18(24)9-11-23-13-22-17-4-2-1-3-16(17)19(23)25/h1-8,13H,9-12H2,(H,21,24). The SMILES string of the molecule is O=C(CCn1cnc2ccccc2c1=O)NCCSc1ccc(Cl)cc1. The molecule has 3 rings (SSSR count). The molecule has 0 saturated carbocycles. The Morgan fingerprint density at radius 3 is 2.73 bits per heavy atom. The Morgan fingerprint density at radius 1 is 1.15 bits per heavy atom. The highest BCUT2D eigenvalue weighted by Crippen LogP contribution is 2.19. The number of benzene rings is 2. The second kappa shape index (κ2) is 8.87. The van der Waals surface area contributed by atoms with Crippen LogP contribution in [0, 0.1) is 0 Å². The number of nitrogens with zero attached hydrogens (tertiary/aromatic N) is 2. The minimum atomic E-state index is -0.123. The van der Waals surface area contributed by atoms with Crippen molar-refractivity contribution in [1.29, 1.82) is 0 Å². The molecule has 5 nitrogen and oxygen atoms in total. The van der Waals surface area contributed by atoms with Crippen LogP contribution >= 0.6 is 23.4 Å². The van der Waals surface area contributed by atoms with Crippen molar-refractivity contribution in [3.8, 4) is 0 Å². The first-order valence-electron chi connectivity index (χ1n) is 8.23. The van der Waals surface area contributed by atoms with Crippen LogP contribution in [-0.4, -0.2) is 27.8 Å². The summed E-state index contributed by atoms with van der Waals surface area (Å²) >= 11 is 7.50. The van der Waals surface area contributed by atoms with Crippen molar-refractivity contribution in [2.45, 2.75) is 17.9 Å². The Hall–Kier alpha value is -2.31. The number of nitrogens with one attached hydrogen (secondary N) is 1. The molecule has 1 amide bonds. The average Bonchev–Trinajstić information content (AvgIpc) is 2.66. The van der Waals surface area contributed by atoms with E-state index in [9.17, 15) is 9.59 Å². The minimum Gasteiger partial charge on any atom is -0.355 e. The number of carbonyl (C=O) groups is 1. The van der Waals surface area contributed by atoms with Gasteiger partial charge in [-0.2, -0.15) is 0 Å². The molecule has 0 fully saturated rings. The molecule has 2 aromatic carbocycles. The molecular formula is C19H18ClN3O2S. The summed E-state index contributed by atoms with van der Waals surface area (Å²) in [6.45, 7) is 0.879. The highest BCUT2D eigenvalue weighted by Gasteiger charge is 2.06. The van der Waals surface area contributed by atoms with Gasteiger partial charge in [0.25, 0.3) is 5.56 Å². The maximum atomic E-state index is 12.4.